The number of thioether (sulfide) groups is 1. The Bertz CT molecular complexity index is 1050. The van der Waals surface area contributed by atoms with Crippen LogP contribution in [0.3, 0.4) is 0 Å². The number of nitro groups is 1. The molecule has 10 heteroatoms. The Labute approximate surface area is 151 Å². The monoisotopic (exact) mass is 371 g/mol. The molecule has 9 nitrogen and oxygen atoms in total. The van der Waals surface area contributed by atoms with Gasteiger partial charge in [-0.15, -0.1) is 0 Å². The predicted octanol–water partition coefficient (Wildman–Crippen LogP) is 2.04. The first-order chi connectivity index (χ1) is 12.4. The zero-order chi connectivity index (χ0) is 18.7. The van der Waals surface area contributed by atoms with Crippen LogP contribution in [0.1, 0.15) is 5.56 Å². The number of carbonyl (C=O) groups excluding carboxylic acids is 1. The Morgan fingerprint density at radius 1 is 1.23 bits per heavy atom. The number of aromatic nitrogens is 3. The molecule has 0 unspecified atom stereocenters. The average Bonchev–Trinajstić information content (AvgIpc) is 2.61. The maximum atomic E-state index is 12.0. The lowest BCUT2D eigenvalue weighted by Gasteiger charge is -2.05. The minimum Gasteiger partial charge on any atom is -0.325 e. The van der Waals surface area contributed by atoms with Gasteiger partial charge in [0.25, 0.3) is 5.69 Å². The van der Waals surface area contributed by atoms with Gasteiger partial charge in [0, 0.05) is 24.0 Å². The molecule has 132 valence electrons. The van der Waals surface area contributed by atoms with Crippen molar-refractivity contribution < 1.29 is 9.72 Å². The first kappa shape index (κ1) is 17.5. The van der Waals surface area contributed by atoms with E-state index in [1.807, 2.05) is 13.0 Å². The normalized spacial score (nSPS) is 10.7. The molecule has 3 aromatic rings. The molecule has 0 fully saturated rings. The second kappa shape index (κ2) is 7.31. The summed E-state index contributed by atoms with van der Waals surface area (Å²) in [6.07, 6.45) is 1.65. The summed E-state index contributed by atoms with van der Waals surface area (Å²) in [6, 6.07) is 9.04. The number of rotatable bonds is 5. The molecule has 0 aliphatic rings. The van der Waals surface area contributed by atoms with Crippen molar-refractivity contribution in [3.05, 3.63) is 68.8 Å². The third kappa shape index (κ3) is 4.03. The van der Waals surface area contributed by atoms with Crippen molar-refractivity contribution in [3.63, 3.8) is 0 Å². The number of nitrogens with one attached hydrogen (secondary N) is 1. The molecule has 0 saturated heterocycles. The fraction of sp³-hybridized carbons (Fsp3) is 0.125. The maximum absolute atomic E-state index is 12.0. The number of anilines is 1. The van der Waals surface area contributed by atoms with Crippen LogP contribution in [0.2, 0.25) is 0 Å². The van der Waals surface area contributed by atoms with Crippen LogP contribution < -0.4 is 11.0 Å². The average molecular weight is 371 g/mol. The number of hydrogen-bond donors (Lipinski definition) is 1. The summed E-state index contributed by atoms with van der Waals surface area (Å²) in [4.78, 5) is 42.2. The van der Waals surface area contributed by atoms with E-state index in [1.54, 1.807) is 12.3 Å². The van der Waals surface area contributed by atoms with E-state index >= 15 is 0 Å². The highest BCUT2D eigenvalue weighted by Gasteiger charge is 2.10. The van der Waals surface area contributed by atoms with Crippen LogP contribution in [-0.2, 0) is 4.79 Å². The van der Waals surface area contributed by atoms with E-state index in [4.69, 9.17) is 0 Å². The predicted molar refractivity (Wildman–Crippen MR) is 96.4 cm³/mol. The lowest BCUT2D eigenvalue weighted by Crippen LogP contribution is -2.20. The summed E-state index contributed by atoms with van der Waals surface area (Å²) in [5.41, 5.74) is 1.28. The third-order valence-corrected chi connectivity index (χ3v) is 4.22. The molecule has 26 heavy (non-hydrogen) atoms. The minimum atomic E-state index is -0.515. The zero-order valence-electron chi connectivity index (χ0n) is 13.6. The topological polar surface area (TPSA) is 120 Å². The van der Waals surface area contributed by atoms with Gasteiger partial charge in [0.15, 0.2) is 5.16 Å². The molecule has 1 aromatic carbocycles. The molecule has 0 bridgehead atoms. The van der Waals surface area contributed by atoms with Crippen molar-refractivity contribution in [2.24, 2.45) is 0 Å². The van der Waals surface area contributed by atoms with Crippen LogP contribution in [-0.4, -0.2) is 31.0 Å². The van der Waals surface area contributed by atoms with Gasteiger partial charge in [0.05, 0.1) is 10.7 Å². The number of nitro benzene ring substituents is 1. The highest BCUT2D eigenvalue weighted by Crippen LogP contribution is 2.17. The number of benzene rings is 1. The van der Waals surface area contributed by atoms with E-state index in [-0.39, 0.29) is 22.5 Å². The van der Waals surface area contributed by atoms with Crippen molar-refractivity contribution in [1.29, 1.82) is 0 Å². The van der Waals surface area contributed by atoms with E-state index in [2.05, 4.69) is 15.3 Å². The van der Waals surface area contributed by atoms with Crippen molar-refractivity contribution in [2.45, 2.75) is 12.1 Å². The largest absolute Gasteiger partial charge is 0.355 e. The van der Waals surface area contributed by atoms with Crippen LogP contribution in [0.4, 0.5) is 11.4 Å². The first-order valence-corrected chi connectivity index (χ1v) is 8.45. The van der Waals surface area contributed by atoms with Crippen molar-refractivity contribution in [3.8, 4) is 0 Å². The minimum absolute atomic E-state index is 0.00153. The van der Waals surface area contributed by atoms with Gasteiger partial charge in [0.1, 0.15) is 5.65 Å². The van der Waals surface area contributed by atoms with E-state index in [0.717, 1.165) is 17.3 Å². The Kier molecular flexibility index (Phi) is 4.94. The number of amides is 1. The number of carbonyl (C=O) groups is 1. The number of nitrogens with zero attached hydrogens (tertiary/aromatic N) is 4. The second-order valence-corrected chi connectivity index (χ2v) is 6.31. The molecule has 2 aromatic heterocycles. The summed E-state index contributed by atoms with van der Waals surface area (Å²) in [5, 5.41) is 13.4. The van der Waals surface area contributed by atoms with Gasteiger partial charge in [-0.1, -0.05) is 17.8 Å². The summed E-state index contributed by atoms with van der Waals surface area (Å²) >= 11 is 1.03. The molecule has 0 atom stereocenters. The third-order valence-electron chi connectivity index (χ3n) is 3.38. The highest BCUT2D eigenvalue weighted by molar-refractivity contribution is 7.99. The molecule has 0 aliphatic heterocycles. The number of fused-ring (bicyclic) bond motifs is 1. The smallest absolute Gasteiger partial charge is 0.325 e. The van der Waals surface area contributed by atoms with Gasteiger partial charge in [-0.05, 0) is 30.7 Å². The van der Waals surface area contributed by atoms with Gasteiger partial charge in [0.2, 0.25) is 5.91 Å². The van der Waals surface area contributed by atoms with Gasteiger partial charge in [-0.2, -0.15) is 4.98 Å². The maximum Gasteiger partial charge on any atom is 0.355 e. The van der Waals surface area contributed by atoms with Gasteiger partial charge in [-0.25, -0.2) is 9.78 Å². The summed E-state index contributed by atoms with van der Waals surface area (Å²) in [7, 11) is 0. The summed E-state index contributed by atoms with van der Waals surface area (Å²) in [5.74, 6) is -0.338. The lowest BCUT2D eigenvalue weighted by molar-refractivity contribution is -0.384. The van der Waals surface area contributed by atoms with Crippen LogP contribution in [0.15, 0.2) is 52.5 Å². The van der Waals surface area contributed by atoms with Crippen LogP contribution in [0, 0.1) is 17.0 Å². The molecule has 2 heterocycles. The fourth-order valence-corrected chi connectivity index (χ4v) is 2.79. The molecule has 0 saturated carbocycles. The highest BCUT2D eigenvalue weighted by atomic mass is 32.2. The summed E-state index contributed by atoms with van der Waals surface area (Å²) in [6.45, 7) is 1.86. The lowest BCUT2D eigenvalue weighted by atomic mass is 10.3. The standard InChI is InChI=1S/C16H13N5O4S/c1-10-2-7-13-18-15(19-16(23)20(13)8-10)26-9-14(22)17-11-3-5-12(6-4-11)21(24)25/h2-8H,9H2,1H3,(H,17,22). The van der Waals surface area contributed by atoms with Gasteiger partial charge >= 0.3 is 5.69 Å². The van der Waals surface area contributed by atoms with E-state index in [0.29, 0.717) is 11.3 Å². The van der Waals surface area contributed by atoms with E-state index in [9.17, 15) is 19.7 Å². The Hall–Kier alpha value is -3.27. The van der Waals surface area contributed by atoms with Crippen molar-refractivity contribution in [1.82, 2.24) is 14.4 Å². The Morgan fingerprint density at radius 3 is 2.65 bits per heavy atom. The Morgan fingerprint density at radius 2 is 1.96 bits per heavy atom. The summed E-state index contributed by atoms with van der Waals surface area (Å²) < 4.78 is 1.34. The second-order valence-electron chi connectivity index (χ2n) is 5.36. The number of pyridine rings is 1. The molecule has 3 rings (SSSR count). The number of non-ortho nitro benzene ring substituents is 1. The van der Waals surface area contributed by atoms with E-state index in [1.165, 1.54) is 28.7 Å². The quantitative estimate of drug-likeness (QED) is 0.414. The van der Waals surface area contributed by atoms with Crippen molar-refractivity contribution >= 4 is 34.7 Å². The van der Waals surface area contributed by atoms with Crippen LogP contribution >= 0.6 is 11.8 Å². The molecule has 0 radical (unpaired) electrons. The van der Waals surface area contributed by atoms with Crippen LogP contribution in [0.25, 0.3) is 5.65 Å². The molecule has 1 N–H and O–H groups in total. The van der Waals surface area contributed by atoms with Crippen LogP contribution in [0.5, 0.6) is 0 Å². The zero-order valence-corrected chi connectivity index (χ0v) is 14.4. The fourth-order valence-electron chi connectivity index (χ4n) is 2.16. The molecular formula is C16H13N5O4S. The van der Waals surface area contributed by atoms with Gasteiger partial charge in [-0.3, -0.25) is 19.3 Å². The molecule has 0 spiro atoms. The molecule has 0 aliphatic carbocycles. The SMILES string of the molecule is Cc1ccc2nc(SCC(=O)Nc3ccc([N+](=O)[O-])cc3)nc(=O)n2c1. The molecule has 1 amide bonds. The van der Waals surface area contributed by atoms with Crippen molar-refractivity contribution in [2.75, 3.05) is 11.1 Å². The Balaban J connectivity index is 1.66. The molecular weight excluding hydrogens is 358 g/mol. The first-order valence-electron chi connectivity index (χ1n) is 7.46. The van der Waals surface area contributed by atoms with E-state index < -0.39 is 10.6 Å². The number of hydrogen-bond acceptors (Lipinski definition) is 7. The van der Waals surface area contributed by atoms with Gasteiger partial charge < -0.3 is 5.32 Å². The number of aryl methyl sites for hydroxylation is 1.